The van der Waals surface area contributed by atoms with Gasteiger partial charge in [0.05, 0.1) is 29.7 Å². The molecule has 7 nitrogen and oxygen atoms in total. The highest BCUT2D eigenvalue weighted by Gasteiger charge is 2.34. The third kappa shape index (κ3) is 5.97. The van der Waals surface area contributed by atoms with Gasteiger partial charge in [0.15, 0.2) is 0 Å². The molecule has 2 heterocycles. The number of benzene rings is 1. The lowest BCUT2D eigenvalue weighted by molar-refractivity contribution is -0.137. The standard InChI is InChI=1S/C24H30F3N5O2/c1-2-31-9-11-32(12-10-31)19-14-21(16-28-15-19)34-20-6-3-17(4-7-20)29-18-5-8-23(30-33)22(13-18)24(25,26)27/h5,8,13-17,20,29H,2-4,6-7,9-12H2,1H3/t17-,20-. The van der Waals surface area contributed by atoms with Crippen molar-refractivity contribution in [3.8, 4) is 5.75 Å². The predicted molar refractivity (Wildman–Crippen MR) is 126 cm³/mol. The van der Waals surface area contributed by atoms with E-state index in [1.54, 1.807) is 6.20 Å². The first-order valence-electron chi connectivity index (χ1n) is 11.8. The lowest BCUT2D eigenvalue weighted by Gasteiger charge is -2.35. The highest BCUT2D eigenvalue weighted by Crippen LogP contribution is 2.38. The summed E-state index contributed by atoms with van der Waals surface area (Å²) >= 11 is 0. The molecule has 2 aromatic rings. The van der Waals surface area contributed by atoms with Crippen LogP contribution >= 0.6 is 0 Å². The van der Waals surface area contributed by atoms with Crippen molar-refractivity contribution >= 4 is 17.1 Å². The molecule has 1 aromatic carbocycles. The van der Waals surface area contributed by atoms with Crippen LogP contribution in [0.2, 0.25) is 0 Å². The molecule has 0 radical (unpaired) electrons. The number of anilines is 2. The second-order valence-electron chi connectivity index (χ2n) is 8.86. The Kier molecular flexibility index (Phi) is 7.55. The maximum absolute atomic E-state index is 13.2. The molecule has 10 heteroatoms. The van der Waals surface area contributed by atoms with Crippen LogP contribution in [0, 0.1) is 4.91 Å². The molecule has 0 atom stereocenters. The normalized spacial score (nSPS) is 21.8. The van der Waals surface area contributed by atoms with Gasteiger partial charge in [0.25, 0.3) is 0 Å². The van der Waals surface area contributed by atoms with E-state index in [9.17, 15) is 18.1 Å². The Morgan fingerprint density at radius 3 is 2.47 bits per heavy atom. The largest absolute Gasteiger partial charge is 0.489 e. The van der Waals surface area contributed by atoms with Crippen LogP contribution in [0.3, 0.4) is 0 Å². The van der Waals surface area contributed by atoms with Crippen molar-refractivity contribution in [3.63, 3.8) is 0 Å². The molecule has 1 aromatic heterocycles. The second kappa shape index (κ2) is 10.6. The van der Waals surface area contributed by atoms with Crippen molar-refractivity contribution in [2.24, 2.45) is 5.18 Å². The first kappa shape index (κ1) is 24.3. The van der Waals surface area contributed by atoms with E-state index in [0.29, 0.717) is 5.69 Å². The molecule has 4 rings (SSSR count). The van der Waals surface area contributed by atoms with Crippen molar-refractivity contribution < 1.29 is 17.9 Å². The van der Waals surface area contributed by atoms with Crippen LogP contribution in [0.4, 0.5) is 30.2 Å². The first-order chi connectivity index (χ1) is 16.4. The maximum Gasteiger partial charge on any atom is 0.418 e. The van der Waals surface area contributed by atoms with Crippen molar-refractivity contribution in [2.45, 2.75) is 50.9 Å². The number of ether oxygens (including phenoxy) is 1. The van der Waals surface area contributed by atoms with Crippen LogP contribution in [0.15, 0.2) is 41.8 Å². The van der Waals surface area contributed by atoms with Gasteiger partial charge in [0, 0.05) is 44.0 Å². The minimum absolute atomic E-state index is 0.0373. The molecule has 184 valence electrons. The summed E-state index contributed by atoms with van der Waals surface area (Å²) in [6.07, 6.45) is 2.14. The Morgan fingerprint density at radius 1 is 1.09 bits per heavy atom. The number of nitroso groups, excluding NO2 is 1. The molecule has 1 saturated carbocycles. The van der Waals surface area contributed by atoms with Crippen LogP contribution in [0.5, 0.6) is 5.75 Å². The predicted octanol–water partition coefficient (Wildman–Crippen LogP) is 5.44. The van der Waals surface area contributed by atoms with Crippen LogP contribution < -0.4 is 15.0 Å². The summed E-state index contributed by atoms with van der Waals surface area (Å²) in [5.41, 5.74) is -0.215. The first-order valence-corrected chi connectivity index (χ1v) is 11.8. The van der Waals surface area contributed by atoms with Crippen molar-refractivity contribution in [3.05, 3.63) is 47.1 Å². The van der Waals surface area contributed by atoms with Crippen LogP contribution in [-0.2, 0) is 6.18 Å². The molecule has 0 unspecified atom stereocenters. The minimum Gasteiger partial charge on any atom is -0.489 e. The number of pyridine rings is 1. The zero-order chi connectivity index (χ0) is 24.1. The summed E-state index contributed by atoms with van der Waals surface area (Å²) in [5.74, 6) is 0.749. The molecular formula is C24H30F3N5O2. The zero-order valence-corrected chi connectivity index (χ0v) is 19.2. The van der Waals surface area contributed by atoms with Gasteiger partial charge in [-0.1, -0.05) is 6.92 Å². The molecule has 0 amide bonds. The van der Waals surface area contributed by atoms with E-state index < -0.39 is 17.4 Å². The molecule has 34 heavy (non-hydrogen) atoms. The Balaban J connectivity index is 1.30. The summed E-state index contributed by atoms with van der Waals surface area (Å²) in [4.78, 5) is 19.8. The molecule has 1 N–H and O–H groups in total. The average molecular weight is 478 g/mol. The van der Waals surface area contributed by atoms with Crippen LogP contribution in [-0.4, -0.2) is 54.8 Å². The number of nitrogens with one attached hydrogen (secondary N) is 1. The van der Waals surface area contributed by atoms with Crippen molar-refractivity contribution in [1.29, 1.82) is 0 Å². The number of rotatable bonds is 7. The third-order valence-corrected chi connectivity index (χ3v) is 6.63. The number of hydrogen-bond acceptors (Lipinski definition) is 7. The van der Waals surface area contributed by atoms with E-state index in [2.05, 4.69) is 32.2 Å². The van der Waals surface area contributed by atoms with Crippen LogP contribution in [0.1, 0.15) is 38.2 Å². The number of nitrogens with zero attached hydrogens (tertiary/aromatic N) is 4. The van der Waals surface area contributed by atoms with Gasteiger partial charge in [-0.15, -0.1) is 4.91 Å². The van der Waals surface area contributed by atoms with Crippen LogP contribution in [0.25, 0.3) is 0 Å². The molecule has 1 aliphatic heterocycles. The fraction of sp³-hybridized carbons (Fsp3) is 0.542. The monoisotopic (exact) mass is 477 g/mol. The summed E-state index contributed by atoms with van der Waals surface area (Å²) in [5, 5.41) is 5.66. The van der Waals surface area contributed by atoms with Gasteiger partial charge in [-0.05, 0) is 55.6 Å². The third-order valence-electron chi connectivity index (χ3n) is 6.63. The fourth-order valence-corrected chi connectivity index (χ4v) is 4.65. The van der Waals surface area contributed by atoms with Gasteiger partial charge >= 0.3 is 6.18 Å². The fourth-order valence-electron chi connectivity index (χ4n) is 4.65. The van der Waals surface area contributed by atoms with Crippen molar-refractivity contribution in [2.75, 3.05) is 42.9 Å². The van der Waals surface area contributed by atoms with Gasteiger partial charge in [0.2, 0.25) is 0 Å². The number of hydrogen-bond donors (Lipinski definition) is 1. The topological polar surface area (TPSA) is 70.1 Å². The van der Waals surface area contributed by atoms with Crippen molar-refractivity contribution in [1.82, 2.24) is 9.88 Å². The second-order valence-corrected chi connectivity index (χ2v) is 8.86. The quantitative estimate of drug-likeness (QED) is 0.536. The molecule has 1 saturated heterocycles. The van der Waals surface area contributed by atoms with E-state index in [1.807, 2.05) is 12.3 Å². The summed E-state index contributed by atoms with van der Waals surface area (Å²) in [6.45, 7) is 7.26. The molecule has 2 fully saturated rings. The smallest absolute Gasteiger partial charge is 0.418 e. The van der Waals surface area contributed by atoms with Gasteiger partial charge in [0.1, 0.15) is 11.4 Å². The Morgan fingerprint density at radius 2 is 1.82 bits per heavy atom. The van der Waals surface area contributed by atoms with Gasteiger partial charge < -0.3 is 19.9 Å². The molecule has 2 aliphatic rings. The van der Waals surface area contributed by atoms with E-state index >= 15 is 0 Å². The Hall–Kier alpha value is -2.88. The lowest BCUT2D eigenvalue weighted by atomic mass is 9.92. The summed E-state index contributed by atoms with van der Waals surface area (Å²) < 4.78 is 45.7. The highest BCUT2D eigenvalue weighted by atomic mass is 19.4. The number of aromatic nitrogens is 1. The lowest BCUT2D eigenvalue weighted by Crippen LogP contribution is -2.46. The Labute approximate surface area is 197 Å². The van der Waals surface area contributed by atoms with E-state index in [0.717, 1.165) is 82.0 Å². The average Bonchev–Trinajstić information content (AvgIpc) is 2.85. The van der Waals surface area contributed by atoms with Gasteiger partial charge in [-0.3, -0.25) is 4.98 Å². The van der Waals surface area contributed by atoms with Gasteiger partial charge in [-0.2, -0.15) is 13.2 Å². The number of piperazine rings is 1. The molecule has 0 spiro atoms. The number of likely N-dealkylation sites (N-methyl/N-ethyl adjacent to an activating group) is 1. The zero-order valence-electron chi connectivity index (χ0n) is 19.2. The number of halogens is 3. The molecular weight excluding hydrogens is 447 g/mol. The highest BCUT2D eigenvalue weighted by molar-refractivity contribution is 5.58. The van der Waals surface area contributed by atoms with E-state index in [-0.39, 0.29) is 12.1 Å². The van der Waals surface area contributed by atoms with Gasteiger partial charge in [-0.25, -0.2) is 0 Å². The molecule has 1 aliphatic carbocycles. The summed E-state index contributed by atoms with van der Waals surface area (Å²) in [7, 11) is 0. The van der Waals surface area contributed by atoms with E-state index in [4.69, 9.17) is 4.74 Å². The van der Waals surface area contributed by atoms with E-state index in [1.165, 1.54) is 6.07 Å². The summed E-state index contributed by atoms with van der Waals surface area (Å²) in [6, 6.07) is 5.60. The molecule has 0 bridgehead atoms. The SMILES string of the molecule is CCN1CCN(c2cncc(O[C@H]3CC[C@H](Nc4ccc(N=O)c(C(F)(F)F)c4)CC3)c2)CC1. The number of alkyl halides is 3. The minimum atomic E-state index is -4.63. The Bertz CT molecular complexity index is 971. The maximum atomic E-state index is 13.2.